The topological polar surface area (TPSA) is 82.5 Å². The molecule has 140 valence electrons. The van der Waals surface area contributed by atoms with E-state index in [0.29, 0.717) is 6.42 Å². The number of nitrogens with zero attached hydrogens (tertiary/aromatic N) is 2. The van der Waals surface area contributed by atoms with Crippen LogP contribution in [0.25, 0.3) is 10.2 Å². The van der Waals surface area contributed by atoms with Crippen molar-refractivity contribution in [1.82, 2.24) is 15.2 Å². The number of aromatic nitrogens is 1. The summed E-state index contributed by atoms with van der Waals surface area (Å²) in [5.41, 5.74) is 1.03. The van der Waals surface area contributed by atoms with Gasteiger partial charge in [0, 0.05) is 18.5 Å². The van der Waals surface area contributed by atoms with E-state index in [1.165, 1.54) is 4.70 Å². The molecule has 0 spiro atoms. The van der Waals surface area contributed by atoms with E-state index in [1.807, 2.05) is 30.0 Å². The summed E-state index contributed by atoms with van der Waals surface area (Å²) >= 11 is 1.69. The maximum Gasteiger partial charge on any atom is 0.317 e. The monoisotopic (exact) mass is 375 g/mol. The van der Waals surface area contributed by atoms with Crippen molar-refractivity contribution in [2.24, 2.45) is 0 Å². The first kappa shape index (κ1) is 18.8. The number of amides is 1. The van der Waals surface area contributed by atoms with E-state index in [0.717, 1.165) is 42.8 Å². The predicted octanol–water partition coefficient (Wildman–Crippen LogP) is 2.67. The van der Waals surface area contributed by atoms with E-state index < -0.39 is 5.97 Å². The highest BCUT2D eigenvalue weighted by Crippen LogP contribution is 2.26. The van der Waals surface area contributed by atoms with Crippen molar-refractivity contribution in [3.63, 3.8) is 0 Å². The number of hydrogen-bond acceptors (Lipinski definition) is 5. The molecule has 6 nitrogen and oxygen atoms in total. The molecule has 1 amide bonds. The van der Waals surface area contributed by atoms with Crippen LogP contribution in [0.4, 0.5) is 0 Å². The van der Waals surface area contributed by atoms with Gasteiger partial charge in [-0.2, -0.15) is 0 Å². The fourth-order valence-electron chi connectivity index (χ4n) is 3.40. The molecule has 1 aliphatic carbocycles. The smallest absolute Gasteiger partial charge is 0.317 e. The second-order valence-electron chi connectivity index (χ2n) is 6.78. The lowest BCUT2D eigenvalue weighted by Gasteiger charge is -2.42. The number of aryl methyl sites for hydroxylation is 1. The Morgan fingerprint density at radius 1 is 1.35 bits per heavy atom. The van der Waals surface area contributed by atoms with Gasteiger partial charge in [-0.1, -0.05) is 19.1 Å². The third-order valence-electron chi connectivity index (χ3n) is 4.87. The average molecular weight is 375 g/mol. The number of carboxylic acids is 1. The Balaban J connectivity index is 1.35. The predicted molar refractivity (Wildman–Crippen MR) is 102 cm³/mol. The molecule has 7 heteroatoms. The highest BCUT2D eigenvalue weighted by molar-refractivity contribution is 7.18. The lowest BCUT2D eigenvalue weighted by molar-refractivity contribution is -0.139. The van der Waals surface area contributed by atoms with Crippen LogP contribution < -0.4 is 5.32 Å². The Morgan fingerprint density at radius 3 is 2.81 bits per heavy atom. The van der Waals surface area contributed by atoms with Gasteiger partial charge in [-0.05, 0) is 44.4 Å². The van der Waals surface area contributed by atoms with E-state index in [-0.39, 0.29) is 24.5 Å². The van der Waals surface area contributed by atoms with Gasteiger partial charge < -0.3 is 10.4 Å². The van der Waals surface area contributed by atoms with Gasteiger partial charge >= 0.3 is 5.97 Å². The minimum Gasteiger partial charge on any atom is -0.480 e. The zero-order valence-electron chi connectivity index (χ0n) is 15.0. The minimum absolute atomic E-state index is 0.0734. The second-order valence-corrected chi connectivity index (χ2v) is 7.89. The molecule has 0 bridgehead atoms. The zero-order chi connectivity index (χ0) is 18.5. The number of hydrogen-bond donors (Lipinski definition) is 2. The van der Waals surface area contributed by atoms with Gasteiger partial charge in [0.2, 0.25) is 5.91 Å². The Bertz CT molecular complexity index is 737. The number of benzene rings is 1. The third kappa shape index (κ3) is 4.80. The number of fused-ring (bicyclic) bond motifs is 1. The molecule has 1 aromatic heterocycles. The molecule has 1 heterocycles. The number of carboxylic acid groups (broad SMARTS) is 1. The first-order valence-corrected chi connectivity index (χ1v) is 9.96. The quantitative estimate of drug-likeness (QED) is 0.704. The van der Waals surface area contributed by atoms with Crippen LogP contribution in [-0.2, 0) is 16.0 Å². The fourth-order valence-corrected chi connectivity index (χ4v) is 4.41. The van der Waals surface area contributed by atoms with Crippen molar-refractivity contribution < 1.29 is 14.7 Å². The molecule has 2 aromatic rings. The van der Waals surface area contributed by atoms with Crippen molar-refractivity contribution in [2.75, 3.05) is 13.1 Å². The number of aliphatic carboxylic acids is 1. The standard InChI is InChI=1S/C19H25N3O3S/c1-2-22(12-19(24)25)14-10-13(11-14)20-17(23)8-5-9-18-21-15-6-3-4-7-16(15)26-18/h3-4,6-7,13-14H,2,5,8-12H2,1H3,(H,20,23)(H,24,25). The second kappa shape index (κ2) is 8.60. The Kier molecular flexibility index (Phi) is 6.21. The molecule has 26 heavy (non-hydrogen) atoms. The highest BCUT2D eigenvalue weighted by Gasteiger charge is 2.34. The molecule has 1 aromatic carbocycles. The number of para-hydroxylation sites is 1. The van der Waals surface area contributed by atoms with Crippen molar-refractivity contribution >= 4 is 33.4 Å². The normalized spacial score (nSPS) is 19.5. The molecular weight excluding hydrogens is 350 g/mol. The molecular formula is C19H25N3O3S. The van der Waals surface area contributed by atoms with E-state index >= 15 is 0 Å². The van der Waals surface area contributed by atoms with Crippen LogP contribution in [0.5, 0.6) is 0 Å². The molecule has 1 aliphatic rings. The molecule has 0 aliphatic heterocycles. The van der Waals surface area contributed by atoms with Crippen LogP contribution in [0.1, 0.15) is 37.6 Å². The summed E-state index contributed by atoms with van der Waals surface area (Å²) in [7, 11) is 0. The van der Waals surface area contributed by atoms with E-state index in [1.54, 1.807) is 11.3 Å². The first-order chi connectivity index (χ1) is 12.5. The van der Waals surface area contributed by atoms with Crippen LogP contribution >= 0.6 is 11.3 Å². The summed E-state index contributed by atoms with van der Waals surface area (Å²) in [5.74, 6) is -0.718. The maximum atomic E-state index is 12.1. The van der Waals surface area contributed by atoms with Gasteiger partial charge in [0.15, 0.2) is 0 Å². The van der Waals surface area contributed by atoms with Gasteiger partial charge in [-0.3, -0.25) is 14.5 Å². The average Bonchev–Trinajstić information content (AvgIpc) is 2.98. The minimum atomic E-state index is -0.797. The van der Waals surface area contributed by atoms with Crippen LogP contribution in [0.2, 0.25) is 0 Å². The molecule has 2 N–H and O–H groups in total. The van der Waals surface area contributed by atoms with Gasteiger partial charge in [-0.25, -0.2) is 4.98 Å². The van der Waals surface area contributed by atoms with Crippen molar-refractivity contribution in [1.29, 1.82) is 0 Å². The number of carbonyl (C=O) groups excluding carboxylic acids is 1. The van der Waals surface area contributed by atoms with Gasteiger partial charge in [-0.15, -0.1) is 11.3 Å². The van der Waals surface area contributed by atoms with Crippen LogP contribution in [0.3, 0.4) is 0 Å². The molecule has 0 radical (unpaired) electrons. The first-order valence-electron chi connectivity index (χ1n) is 9.14. The third-order valence-corrected chi connectivity index (χ3v) is 5.97. The molecule has 3 rings (SSSR count). The number of rotatable bonds is 9. The van der Waals surface area contributed by atoms with Crippen LogP contribution in [0.15, 0.2) is 24.3 Å². The van der Waals surface area contributed by atoms with Crippen LogP contribution in [0, 0.1) is 0 Å². The van der Waals surface area contributed by atoms with Gasteiger partial charge in [0.05, 0.1) is 21.8 Å². The maximum absolute atomic E-state index is 12.1. The molecule has 0 saturated heterocycles. The van der Waals surface area contributed by atoms with E-state index in [2.05, 4.69) is 16.4 Å². The summed E-state index contributed by atoms with van der Waals surface area (Å²) < 4.78 is 1.19. The number of likely N-dealkylation sites (N-methyl/N-ethyl adjacent to an activating group) is 1. The number of thiazole rings is 1. The summed E-state index contributed by atoms with van der Waals surface area (Å²) in [6.45, 7) is 2.76. The Hall–Kier alpha value is -1.99. The van der Waals surface area contributed by atoms with Crippen molar-refractivity contribution in [3.8, 4) is 0 Å². The zero-order valence-corrected chi connectivity index (χ0v) is 15.8. The van der Waals surface area contributed by atoms with Crippen molar-refractivity contribution in [3.05, 3.63) is 29.3 Å². The molecule has 1 fully saturated rings. The van der Waals surface area contributed by atoms with Gasteiger partial charge in [0.1, 0.15) is 0 Å². The van der Waals surface area contributed by atoms with Gasteiger partial charge in [0.25, 0.3) is 0 Å². The lowest BCUT2D eigenvalue weighted by Crippen LogP contribution is -2.54. The van der Waals surface area contributed by atoms with E-state index in [4.69, 9.17) is 5.11 Å². The fraction of sp³-hybridized carbons (Fsp3) is 0.526. The number of carbonyl (C=O) groups is 2. The highest BCUT2D eigenvalue weighted by atomic mass is 32.1. The summed E-state index contributed by atoms with van der Waals surface area (Å²) in [6, 6.07) is 8.53. The lowest BCUT2D eigenvalue weighted by atomic mass is 9.85. The Morgan fingerprint density at radius 2 is 2.12 bits per heavy atom. The van der Waals surface area contributed by atoms with Crippen molar-refractivity contribution in [2.45, 2.75) is 51.1 Å². The molecule has 0 unspecified atom stereocenters. The molecule has 1 saturated carbocycles. The summed E-state index contributed by atoms with van der Waals surface area (Å²) in [5, 5.41) is 13.1. The largest absolute Gasteiger partial charge is 0.480 e. The van der Waals surface area contributed by atoms with E-state index in [9.17, 15) is 9.59 Å². The van der Waals surface area contributed by atoms with Crippen LogP contribution in [-0.4, -0.2) is 52.0 Å². The molecule has 0 atom stereocenters. The number of nitrogens with one attached hydrogen (secondary N) is 1. The Labute approximate surface area is 157 Å². The summed E-state index contributed by atoms with van der Waals surface area (Å²) in [4.78, 5) is 29.5. The SMILES string of the molecule is CCN(CC(=O)O)C1CC(NC(=O)CCCc2nc3ccccc3s2)C1. The summed E-state index contributed by atoms with van der Waals surface area (Å²) in [6.07, 6.45) is 3.79.